The van der Waals surface area contributed by atoms with Gasteiger partial charge in [-0.15, -0.1) is 0 Å². The van der Waals surface area contributed by atoms with Crippen LogP contribution in [0.2, 0.25) is 0 Å². The molecule has 2 nitrogen and oxygen atoms in total. The largest absolute Gasteiger partial charge is 0.475 e. The number of rotatable bonds is 4. The van der Waals surface area contributed by atoms with Gasteiger partial charge in [0.1, 0.15) is 0 Å². The molecule has 0 aromatic carbocycles. The summed E-state index contributed by atoms with van der Waals surface area (Å²) < 4.78 is 5.54. The molecular weight excluding hydrogens is 186 g/mol. The van der Waals surface area contributed by atoms with E-state index in [1.165, 1.54) is 11.1 Å². The Morgan fingerprint density at radius 1 is 1.27 bits per heavy atom. The van der Waals surface area contributed by atoms with Crippen LogP contribution in [-0.2, 0) is 6.42 Å². The van der Waals surface area contributed by atoms with E-state index in [1.807, 2.05) is 26.1 Å². The van der Waals surface area contributed by atoms with Crippen molar-refractivity contribution in [2.24, 2.45) is 5.92 Å². The first kappa shape index (κ1) is 12.0. The van der Waals surface area contributed by atoms with Crippen LogP contribution in [0.4, 0.5) is 0 Å². The molecule has 84 valence electrons. The average molecular weight is 207 g/mol. The van der Waals surface area contributed by atoms with Crippen molar-refractivity contribution >= 4 is 0 Å². The Kier molecular flexibility index (Phi) is 4.13. The Morgan fingerprint density at radius 3 is 2.40 bits per heavy atom. The first-order valence-corrected chi connectivity index (χ1v) is 5.61. The third-order valence-electron chi connectivity index (χ3n) is 2.18. The molecule has 0 N–H and O–H groups in total. The van der Waals surface area contributed by atoms with Gasteiger partial charge in [0, 0.05) is 12.3 Å². The quantitative estimate of drug-likeness (QED) is 0.755. The summed E-state index contributed by atoms with van der Waals surface area (Å²) in [5.74, 6) is 1.40. The molecule has 0 saturated heterocycles. The molecule has 0 saturated carbocycles. The highest BCUT2D eigenvalue weighted by atomic mass is 16.5. The lowest BCUT2D eigenvalue weighted by Crippen LogP contribution is -2.08. The first-order chi connectivity index (χ1) is 6.99. The molecule has 1 aromatic heterocycles. The number of ether oxygens (including phenoxy) is 1. The van der Waals surface area contributed by atoms with Crippen molar-refractivity contribution in [2.75, 3.05) is 0 Å². The molecule has 0 spiro atoms. The molecule has 0 aliphatic rings. The molecule has 15 heavy (non-hydrogen) atoms. The molecule has 0 aliphatic heterocycles. The summed E-state index contributed by atoms with van der Waals surface area (Å²) in [5.41, 5.74) is 2.59. The fourth-order valence-electron chi connectivity index (χ4n) is 1.52. The van der Waals surface area contributed by atoms with Crippen molar-refractivity contribution in [3.63, 3.8) is 0 Å². The molecule has 0 fully saturated rings. The highest BCUT2D eigenvalue weighted by Crippen LogP contribution is 2.17. The first-order valence-electron chi connectivity index (χ1n) is 5.61. The molecule has 0 amide bonds. The van der Waals surface area contributed by atoms with E-state index in [1.54, 1.807) is 0 Å². The second kappa shape index (κ2) is 5.15. The molecule has 1 rings (SSSR count). The maximum atomic E-state index is 5.54. The molecule has 1 aromatic rings. The molecule has 0 bridgehead atoms. The minimum Gasteiger partial charge on any atom is -0.475 e. The van der Waals surface area contributed by atoms with Gasteiger partial charge in [-0.1, -0.05) is 13.8 Å². The summed E-state index contributed by atoms with van der Waals surface area (Å²) in [6.45, 7) is 10.6. The van der Waals surface area contributed by atoms with Crippen LogP contribution < -0.4 is 4.74 Å². The van der Waals surface area contributed by atoms with Gasteiger partial charge in [-0.3, -0.25) is 0 Å². The third kappa shape index (κ3) is 3.90. The topological polar surface area (TPSA) is 22.1 Å². The van der Waals surface area contributed by atoms with Crippen LogP contribution in [0.1, 0.15) is 38.8 Å². The zero-order valence-electron chi connectivity index (χ0n) is 10.4. The van der Waals surface area contributed by atoms with Crippen LogP contribution >= 0.6 is 0 Å². The number of nitrogens with zero attached hydrogens (tertiary/aromatic N) is 1. The summed E-state index contributed by atoms with van der Waals surface area (Å²) in [6.07, 6.45) is 3.21. The van der Waals surface area contributed by atoms with Crippen molar-refractivity contribution < 1.29 is 4.74 Å². The van der Waals surface area contributed by atoms with E-state index in [4.69, 9.17) is 4.74 Å². The Bertz CT molecular complexity index is 318. The Balaban J connectivity index is 2.78. The van der Waals surface area contributed by atoms with E-state index in [0.717, 1.165) is 12.3 Å². The highest BCUT2D eigenvalue weighted by molar-refractivity contribution is 5.28. The van der Waals surface area contributed by atoms with Gasteiger partial charge in [-0.05, 0) is 44.2 Å². The Hall–Kier alpha value is -1.05. The van der Waals surface area contributed by atoms with E-state index >= 15 is 0 Å². The smallest absolute Gasteiger partial charge is 0.213 e. The fourth-order valence-corrected chi connectivity index (χ4v) is 1.52. The molecule has 1 heterocycles. The minimum absolute atomic E-state index is 0.188. The molecular formula is C13H21NO. The monoisotopic (exact) mass is 207 g/mol. The molecule has 0 radical (unpaired) electrons. The van der Waals surface area contributed by atoms with E-state index < -0.39 is 0 Å². The second-order valence-electron chi connectivity index (χ2n) is 4.71. The summed E-state index contributed by atoms with van der Waals surface area (Å²) in [6, 6.07) is 2.03. The van der Waals surface area contributed by atoms with Gasteiger partial charge in [0.2, 0.25) is 5.88 Å². The second-order valence-corrected chi connectivity index (χ2v) is 4.71. The minimum atomic E-state index is 0.188. The maximum absolute atomic E-state index is 5.54. The maximum Gasteiger partial charge on any atom is 0.213 e. The van der Waals surface area contributed by atoms with Crippen molar-refractivity contribution in [3.05, 3.63) is 23.4 Å². The van der Waals surface area contributed by atoms with Crippen LogP contribution in [-0.4, -0.2) is 11.1 Å². The van der Waals surface area contributed by atoms with Crippen LogP contribution in [0.3, 0.4) is 0 Å². The van der Waals surface area contributed by atoms with E-state index in [0.29, 0.717) is 5.92 Å². The molecule has 2 heteroatoms. The van der Waals surface area contributed by atoms with Crippen LogP contribution in [0.25, 0.3) is 0 Å². The summed E-state index contributed by atoms with van der Waals surface area (Å²) in [7, 11) is 0. The number of pyridine rings is 1. The van der Waals surface area contributed by atoms with Crippen LogP contribution in [0, 0.1) is 12.8 Å². The highest BCUT2D eigenvalue weighted by Gasteiger charge is 2.05. The fraction of sp³-hybridized carbons (Fsp3) is 0.615. The molecule has 0 atom stereocenters. The van der Waals surface area contributed by atoms with Gasteiger partial charge in [0.25, 0.3) is 0 Å². The molecule has 0 aliphatic carbocycles. The Morgan fingerprint density at radius 2 is 1.93 bits per heavy atom. The predicted molar refractivity (Wildman–Crippen MR) is 63.3 cm³/mol. The van der Waals surface area contributed by atoms with Crippen LogP contribution in [0.5, 0.6) is 5.88 Å². The van der Waals surface area contributed by atoms with Crippen molar-refractivity contribution in [2.45, 2.75) is 47.1 Å². The summed E-state index contributed by atoms with van der Waals surface area (Å²) >= 11 is 0. The number of hydrogen-bond donors (Lipinski definition) is 0. The van der Waals surface area contributed by atoms with Gasteiger partial charge >= 0.3 is 0 Å². The zero-order chi connectivity index (χ0) is 11.4. The summed E-state index contributed by atoms with van der Waals surface area (Å²) in [5, 5.41) is 0. The van der Waals surface area contributed by atoms with E-state index in [9.17, 15) is 0 Å². The zero-order valence-corrected chi connectivity index (χ0v) is 10.4. The Labute approximate surface area is 92.7 Å². The van der Waals surface area contributed by atoms with Gasteiger partial charge < -0.3 is 4.74 Å². The predicted octanol–water partition coefficient (Wildman–Crippen LogP) is 3.38. The normalized spacial score (nSPS) is 11.1. The average Bonchev–Trinajstić information content (AvgIpc) is 2.08. The summed E-state index contributed by atoms with van der Waals surface area (Å²) in [4.78, 5) is 4.31. The number of hydrogen-bond acceptors (Lipinski definition) is 2. The standard InChI is InChI=1S/C13H21NO/c1-9(2)6-12-8-14-13(7-11(12)5)15-10(3)4/h7-10H,6H2,1-5H3. The van der Waals surface area contributed by atoms with Crippen molar-refractivity contribution in [1.29, 1.82) is 0 Å². The third-order valence-corrected chi connectivity index (χ3v) is 2.18. The van der Waals surface area contributed by atoms with E-state index in [-0.39, 0.29) is 6.10 Å². The lowest BCUT2D eigenvalue weighted by atomic mass is 10.0. The SMILES string of the molecule is Cc1cc(OC(C)C)ncc1CC(C)C. The van der Waals surface area contributed by atoms with E-state index in [2.05, 4.69) is 25.8 Å². The van der Waals surface area contributed by atoms with Gasteiger partial charge in [0.05, 0.1) is 6.10 Å². The van der Waals surface area contributed by atoms with Gasteiger partial charge in [0.15, 0.2) is 0 Å². The lowest BCUT2D eigenvalue weighted by molar-refractivity contribution is 0.232. The van der Waals surface area contributed by atoms with Gasteiger partial charge in [-0.2, -0.15) is 0 Å². The van der Waals surface area contributed by atoms with Crippen molar-refractivity contribution in [1.82, 2.24) is 4.98 Å². The number of aryl methyl sites for hydroxylation is 1. The van der Waals surface area contributed by atoms with Crippen molar-refractivity contribution in [3.8, 4) is 5.88 Å². The lowest BCUT2D eigenvalue weighted by Gasteiger charge is -2.12. The van der Waals surface area contributed by atoms with Crippen LogP contribution in [0.15, 0.2) is 12.3 Å². The molecule has 0 unspecified atom stereocenters. The number of aromatic nitrogens is 1. The van der Waals surface area contributed by atoms with Gasteiger partial charge in [-0.25, -0.2) is 4.98 Å².